The van der Waals surface area contributed by atoms with E-state index in [4.69, 9.17) is 28.2 Å². The van der Waals surface area contributed by atoms with Crippen LogP contribution in [-0.2, 0) is 4.79 Å². The Bertz CT molecular complexity index is 520. The van der Waals surface area contributed by atoms with Crippen molar-refractivity contribution in [2.45, 2.75) is 19.9 Å². The third-order valence-electron chi connectivity index (χ3n) is 2.34. The molecule has 1 unspecified atom stereocenters. The molecule has 0 saturated heterocycles. The second-order valence-electron chi connectivity index (χ2n) is 4.17. The molecular weight excluding hydrogens is 274 g/mol. The van der Waals surface area contributed by atoms with Crippen LogP contribution in [0.3, 0.4) is 0 Å². The van der Waals surface area contributed by atoms with Crippen LogP contribution in [0.2, 0.25) is 5.15 Å². The smallest absolute Gasteiger partial charge is 0.326 e. The van der Waals surface area contributed by atoms with Crippen molar-refractivity contribution in [1.29, 1.82) is 0 Å². The van der Waals surface area contributed by atoms with E-state index < -0.39 is 17.9 Å². The van der Waals surface area contributed by atoms with E-state index in [2.05, 4.69) is 15.3 Å². The standard InChI is InChI=1S/C10H14ClN5O3/c1-3(2)4(10(18)19)15-9(17)5-7(12)16-8(13)6(11)14-5/h3-4H,1-2H3,(H,15,17)(H,18,19)(H4,12,13,16). The van der Waals surface area contributed by atoms with E-state index >= 15 is 0 Å². The van der Waals surface area contributed by atoms with Crippen LogP contribution < -0.4 is 16.8 Å². The molecule has 0 aromatic carbocycles. The molecule has 1 amide bonds. The Morgan fingerprint density at radius 3 is 2.32 bits per heavy atom. The SMILES string of the molecule is CC(C)C(NC(=O)c1nc(Cl)c(N)nc1N)C(=O)O. The summed E-state index contributed by atoms with van der Waals surface area (Å²) in [5.41, 5.74) is 10.6. The summed E-state index contributed by atoms with van der Waals surface area (Å²) in [6, 6.07) is -1.06. The molecule has 0 aliphatic heterocycles. The van der Waals surface area contributed by atoms with Crippen LogP contribution in [0.5, 0.6) is 0 Å². The Morgan fingerprint density at radius 2 is 1.84 bits per heavy atom. The zero-order chi connectivity index (χ0) is 14.7. The zero-order valence-corrected chi connectivity index (χ0v) is 11.1. The van der Waals surface area contributed by atoms with Gasteiger partial charge in [0.1, 0.15) is 6.04 Å². The van der Waals surface area contributed by atoms with Gasteiger partial charge in [-0.1, -0.05) is 25.4 Å². The summed E-state index contributed by atoms with van der Waals surface area (Å²) >= 11 is 5.64. The highest BCUT2D eigenvalue weighted by atomic mass is 35.5. The van der Waals surface area contributed by atoms with Gasteiger partial charge in [0.25, 0.3) is 5.91 Å². The van der Waals surface area contributed by atoms with E-state index in [9.17, 15) is 9.59 Å². The highest BCUT2D eigenvalue weighted by Gasteiger charge is 2.26. The molecule has 1 rings (SSSR count). The molecule has 1 heterocycles. The van der Waals surface area contributed by atoms with Crippen LogP contribution in [0.15, 0.2) is 0 Å². The number of aliphatic carboxylic acids is 1. The molecule has 8 nitrogen and oxygen atoms in total. The van der Waals surface area contributed by atoms with Gasteiger partial charge in [0.15, 0.2) is 22.5 Å². The molecule has 0 radical (unpaired) electrons. The second kappa shape index (κ2) is 5.70. The van der Waals surface area contributed by atoms with Crippen LogP contribution >= 0.6 is 11.6 Å². The Kier molecular flexibility index (Phi) is 4.49. The molecule has 0 spiro atoms. The predicted octanol–water partition coefficient (Wildman–Crippen LogP) is 0.133. The number of nitrogens with one attached hydrogen (secondary N) is 1. The number of aromatic nitrogens is 2. The number of halogens is 1. The Balaban J connectivity index is 3.01. The van der Waals surface area contributed by atoms with Crippen LogP contribution in [0, 0.1) is 5.92 Å². The monoisotopic (exact) mass is 287 g/mol. The molecule has 0 aliphatic rings. The Morgan fingerprint density at radius 1 is 1.26 bits per heavy atom. The van der Waals surface area contributed by atoms with Gasteiger partial charge in [0.05, 0.1) is 0 Å². The van der Waals surface area contributed by atoms with Gasteiger partial charge in [-0.15, -0.1) is 0 Å². The second-order valence-corrected chi connectivity index (χ2v) is 4.52. The number of nitrogens with two attached hydrogens (primary N) is 2. The van der Waals surface area contributed by atoms with E-state index in [1.54, 1.807) is 13.8 Å². The lowest BCUT2D eigenvalue weighted by Gasteiger charge is -2.18. The summed E-state index contributed by atoms with van der Waals surface area (Å²) in [7, 11) is 0. The van der Waals surface area contributed by atoms with Crippen molar-refractivity contribution in [3.8, 4) is 0 Å². The molecule has 0 aliphatic carbocycles. The number of rotatable bonds is 4. The molecule has 1 aromatic heterocycles. The van der Waals surface area contributed by atoms with Crippen LogP contribution in [0.25, 0.3) is 0 Å². The van der Waals surface area contributed by atoms with Crippen molar-refractivity contribution >= 4 is 35.1 Å². The maximum Gasteiger partial charge on any atom is 0.326 e. The summed E-state index contributed by atoms with van der Waals surface area (Å²) in [5.74, 6) is -2.55. The fraction of sp³-hybridized carbons (Fsp3) is 0.400. The zero-order valence-electron chi connectivity index (χ0n) is 10.3. The van der Waals surface area contributed by atoms with Crippen molar-refractivity contribution in [3.05, 3.63) is 10.8 Å². The summed E-state index contributed by atoms with van der Waals surface area (Å²) < 4.78 is 0. The van der Waals surface area contributed by atoms with Crippen molar-refractivity contribution < 1.29 is 14.7 Å². The van der Waals surface area contributed by atoms with Crippen LogP contribution in [0.1, 0.15) is 24.3 Å². The third-order valence-corrected chi connectivity index (χ3v) is 2.62. The molecule has 9 heteroatoms. The van der Waals surface area contributed by atoms with Gasteiger partial charge in [-0.25, -0.2) is 14.8 Å². The number of hydrogen-bond acceptors (Lipinski definition) is 6. The maximum atomic E-state index is 11.9. The fourth-order valence-corrected chi connectivity index (χ4v) is 1.46. The lowest BCUT2D eigenvalue weighted by molar-refractivity contribution is -0.140. The molecule has 1 aromatic rings. The number of anilines is 2. The normalized spacial score (nSPS) is 12.2. The predicted molar refractivity (Wildman–Crippen MR) is 69.6 cm³/mol. The first-order valence-electron chi connectivity index (χ1n) is 5.36. The van der Waals surface area contributed by atoms with E-state index in [1.807, 2.05) is 0 Å². The van der Waals surface area contributed by atoms with Gasteiger partial charge < -0.3 is 21.9 Å². The van der Waals surface area contributed by atoms with Gasteiger partial charge in [-0.3, -0.25) is 4.79 Å². The fourth-order valence-electron chi connectivity index (χ4n) is 1.33. The highest BCUT2D eigenvalue weighted by molar-refractivity contribution is 6.31. The number of carbonyl (C=O) groups excluding carboxylic acids is 1. The summed E-state index contributed by atoms with van der Waals surface area (Å²) in [6.45, 7) is 3.31. The lowest BCUT2D eigenvalue weighted by atomic mass is 10.0. The van der Waals surface area contributed by atoms with Gasteiger partial charge in [-0.05, 0) is 5.92 Å². The van der Waals surface area contributed by atoms with Gasteiger partial charge in [0.2, 0.25) is 0 Å². The molecule has 0 bridgehead atoms. The van der Waals surface area contributed by atoms with Crippen molar-refractivity contribution in [1.82, 2.24) is 15.3 Å². The molecule has 1 atom stereocenters. The number of nitrogens with zero attached hydrogens (tertiary/aromatic N) is 2. The Hall–Kier alpha value is -2.09. The van der Waals surface area contributed by atoms with Crippen molar-refractivity contribution in [3.63, 3.8) is 0 Å². The summed E-state index contributed by atoms with van der Waals surface area (Å²) in [6.07, 6.45) is 0. The summed E-state index contributed by atoms with van der Waals surface area (Å²) in [5, 5.41) is 11.1. The largest absolute Gasteiger partial charge is 0.480 e. The average Bonchev–Trinajstić information content (AvgIpc) is 2.29. The molecule has 6 N–H and O–H groups in total. The quantitative estimate of drug-likeness (QED) is 0.616. The number of nitrogen functional groups attached to an aromatic ring is 2. The van der Waals surface area contributed by atoms with Crippen LogP contribution in [-0.4, -0.2) is 33.0 Å². The topological polar surface area (TPSA) is 144 Å². The first-order valence-corrected chi connectivity index (χ1v) is 5.74. The number of carbonyl (C=O) groups is 2. The summed E-state index contributed by atoms with van der Waals surface area (Å²) in [4.78, 5) is 30.2. The number of hydrogen-bond donors (Lipinski definition) is 4. The molecule has 104 valence electrons. The van der Waals surface area contributed by atoms with Crippen molar-refractivity contribution in [2.75, 3.05) is 11.5 Å². The van der Waals surface area contributed by atoms with E-state index in [1.165, 1.54) is 0 Å². The lowest BCUT2D eigenvalue weighted by Crippen LogP contribution is -2.44. The van der Waals surface area contributed by atoms with E-state index in [-0.39, 0.29) is 28.4 Å². The molecule has 0 saturated carbocycles. The number of amides is 1. The van der Waals surface area contributed by atoms with Crippen LogP contribution in [0.4, 0.5) is 11.6 Å². The highest BCUT2D eigenvalue weighted by Crippen LogP contribution is 2.17. The van der Waals surface area contributed by atoms with Gasteiger partial charge in [0, 0.05) is 0 Å². The minimum absolute atomic E-state index is 0.102. The minimum Gasteiger partial charge on any atom is -0.480 e. The first kappa shape index (κ1) is 15.0. The number of carboxylic acid groups (broad SMARTS) is 1. The van der Waals surface area contributed by atoms with Gasteiger partial charge in [-0.2, -0.15) is 0 Å². The third kappa shape index (κ3) is 3.44. The maximum absolute atomic E-state index is 11.9. The molecule has 19 heavy (non-hydrogen) atoms. The number of carboxylic acids is 1. The van der Waals surface area contributed by atoms with E-state index in [0.717, 1.165) is 0 Å². The van der Waals surface area contributed by atoms with E-state index in [0.29, 0.717) is 0 Å². The Labute approximate surface area is 114 Å². The average molecular weight is 288 g/mol. The first-order chi connectivity index (χ1) is 8.73. The molecular formula is C10H14ClN5O3. The van der Waals surface area contributed by atoms with Crippen molar-refractivity contribution in [2.24, 2.45) is 5.92 Å². The van der Waals surface area contributed by atoms with Gasteiger partial charge >= 0.3 is 5.97 Å². The molecule has 0 fully saturated rings. The minimum atomic E-state index is -1.16.